The quantitative estimate of drug-likeness (QED) is 0.299. The Morgan fingerprint density at radius 1 is 0.950 bits per heavy atom. The summed E-state index contributed by atoms with van der Waals surface area (Å²) in [6.45, 7) is 11.6. The number of carbonyl (C=O) groups excluding carboxylic acids is 1. The Morgan fingerprint density at radius 2 is 1.55 bits per heavy atom. The monoisotopic (exact) mass is 587 g/mol. The number of fused-ring (bicyclic) bond motifs is 2. The molecule has 40 heavy (non-hydrogen) atoms. The van der Waals surface area contributed by atoms with Gasteiger partial charge in [0.25, 0.3) is 5.91 Å². The van der Waals surface area contributed by atoms with Crippen molar-refractivity contribution in [3.63, 3.8) is 0 Å². The second kappa shape index (κ2) is 11.8. The molecule has 12 heteroatoms. The molecule has 0 saturated heterocycles. The normalized spacial score (nSPS) is 14.1. The fourth-order valence-electron chi connectivity index (χ4n) is 4.62. The predicted octanol–water partition coefficient (Wildman–Crippen LogP) is 4.85. The van der Waals surface area contributed by atoms with Crippen molar-refractivity contribution in [3.05, 3.63) is 65.4 Å². The highest BCUT2D eigenvalue weighted by Gasteiger charge is 2.53. The Kier molecular flexibility index (Phi) is 8.85. The van der Waals surface area contributed by atoms with Crippen molar-refractivity contribution < 1.29 is 30.9 Å². The third kappa shape index (κ3) is 6.81. The van der Waals surface area contributed by atoms with E-state index in [1.807, 2.05) is 71.9 Å². The average molecular weight is 588 g/mol. The number of anilines is 1. The fourth-order valence-corrected chi connectivity index (χ4v) is 7.71. The van der Waals surface area contributed by atoms with E-state index in [1.54, 1.807) is 23.2 Å². The first-order valence-corrected chi connectivity index (χ1v) is 16.8. The lowest BCUT2D eigenvalue weighted by Gasteiger charge is -2.33. The fraction of sp³-hybridized carbons (Fsp3) is 0.429. The molecule has 0 aliphatic carbocycles. The number of benzene rings is 2. The van der Waals surface area contributed by atoms with E-state index in [9.17, 15) is 13.2 Å². The van der Waals surface area contributed by atoms with E-state index in [2.05, 4.69) is 9.71 Å². The van der Waals surface area contributed by atoms with Crippen LogP contribution < -0.4 is 9.15 Å². The smallest absolute Gasteiger partial charge is 0.477 e. The highest BCUT2D eigenvalue weighted by atomic mass is 32.2. The number of sulfonamides is 1. The van der Waals surface area contributed by atoms with Crippen molar-refractivity contribution in [3.8, 4) is 5.75 Å². The van der Waals surface area contributed by atoms with Crippen LogP contribution in [0.25, 0.3) is 10.9 Å². The summed E-state index contributed by atoms with van der Waals surface area (Å²) < 4.78 is 52.9. The van der Waals surface area contributed by atoms with Gasteiger partial charge in [0.1, 0.15) is 11.3 Å². The zero-order valence-corrected chi connectivity index (χ0v) is 25.7. The van der Waals surface area contributed by atoms with Gasteiger partial charge in [0.05, 0.1) is 17.5 Å². The van der Waals surface area contributed by atoms with E-state index in [4.69, 9.17) is 17.7 Å². The van der Waals surface area contributed by atoms with Gasteiger partial charge in [-0.1, -0.05) is 30.3 Å². The maximum absolute atomic E-state index is 14.1. The van der Waals surface area contributed by atoms with Crippen LogP contribution in [0.5, 0.6) is 5.75 Å². The molecule has 2 aromatic carbocycles. The molecule has 2 heterocycles. The highest BCUT2D eigenvalue weighted by molar-refractivity contribution is 7.92. The molecule has 0 saturated carbocycles. The minimum atomic E-state index is -3.92. The number of pyridine rings is 1. The van der Waals surface area contributed by atoms with Crippen LogP contribution >= 0.6 is 0 Å². The SMILES string of the molecule is CC(C)O[Si](Oc1c2c(c(NS(C)(=O)=O)c3cccnc13)CN(Cc1ccccc1)C2=O)(OC(C)C)OC(C)C. The van der Waals surface area contributed by atoms with E-state index in [1.165, 1.54) is 0 Å². The topological polar surface area (TPSA) is 116 Å². The van der Waals surface area contributed by atoms with Crippen LogP contribution in [-0.2, 0) is 36.4 Å². The van der Waals surface area contributed by atoms with E-state index < -0.39 is 19.1 Å². The molecule has 0 atom stereocenters. The van der Waals surface area contributed by atoms with Gasteiger partial charge in [0.2, 0.25) is 10.0 Å². The molecule has 0 fully saturated rings. The maximum Gasteiger partial charge on any atom is 0.750 e. The van der Waals surface area contributed by atoms with Gasteiger partial charge in [-0.3, -0.25) is 14.5 Å². The van der Waals surface area contributed by atoms with Crippen molar-refractivity contribution in [2.75, 3.05) is 11.0 Å². The largest absolute Gasteiger partial charge is 0.750 e. The molecular formula is C28H37N3O7SSi. The van der Waals surface area contributed by atoms with Crippen molar-refractivity contribution in [2.24, 2.45) is 0 Å². The molecular weight excluding hydrogens is 550 g/mol. The molecule has 1 aromatic heterocycles. The van der Waals surface area contributed by atoms with Crippen molar-refractivity contribution in [1.29, 1.82) is 0 Å². The first kappa shape index (κ1) is 29.9. The molecule has 0 bridgehead atoms. The van der Waals surface area contributed by atoms with Crippen LogP contribution in [0.1, 0.15) is 63.0 Å². The zero-order valence-electron chi connectivity index (χ0n) is 23.9. The molecule has 0 spiro atoms. The second-order valence-corrected chi connectivity index (χ2v) is 14.2. The zero-order chi connectivity index (χ0) is 29.2. The molecule has 216 valence electrons. The molecule has 1 amide bonds. The predicted molar refractivity (Wildman–Crippen MR) is 155 cm³/mol. The summed E-state index contributed by atoms with van der Waals surface area (Å²) in [7, 11) is -7.62. The van der Waals surface area contributed by atoms with E-state index >= 15 is 0 Å². The van der Waals surface area contributed by atoms with Crippen LogP contribution in [0, 0.1) is 0 Å². The van der Waals surface area contributed by atoms with Gasteiger partial charge in [-0.25, -0.2) is 8.42 Å². The lowest BCUT2D eigenvalue weighted by molar-refractivity contribution is -0.0462. The molecule has 4 rings (SSSR count). The number of rotatable bonds is 12. The van der Waals surface area contributed by atoms with Crippen LogP contribution in [-0.4, -0.2) is 57.8 Å². The van der Waals surface area contributed by atoms with Gasteiger partial charge < -0.3 is 22.6 Å². The Hall–Kier alpha value is -3.03. The standard InChI is InChI=1S/C28H37N3O7SSi/c1-18(2)35-40(36-19(3)4,37-20(5)6)38-27-24-23(17-31(28(24)32)16-21-12-9-8-10-13-21)25(30-39(7,33)34)22-14-11-15-29-26(22)27/h8-15,18-20,30H,16-17H2,1-7H3. The number of amides is 1. The Balaban J connectivity index is 1.96. The summed E-state index contributed by atoms with van der Waals surface area (Å²) in [4.78, 5) is 20.3. The van der Waals surface area contributed by atoms with Gasteiger partial charge in [-0.15, -0.1) is 0 Å². The van der Waals surface area contributed by atoms with Crippen LogP contribution in [0.4, 0.5) is 5.69 Å². The van der Waals surface area contributed by atoms with Crippen molar-refractivity contribution in [2.45, 2.75) is 72.9 Å². The minimum Gasteiger partial charge on any atom is -0.477 e. The molecule has 1 N–H and O–H groups in total. The Labute approximate surface area is 237 Å². The van der Waals surface area contributed by atoms with Gasteiger partial charge in [-0.05, 0) is 59.2 Å². The Morgan fingerprint density at radius 3 is 2.10 bits per heavy atom. The number of hydrogen-bond donors (Lipinski definition) is 1. The van der Waals surface area contributed by atoms with Crippen LogP contribution in [0.2, 0.25) is 0 Å². The third-order valence-electron chi connectivity index (χ3n) is 5.84. The van der Waals surface area contributed by atoms with Gasteiger partial charge >= 0.3 is 9.05 Å². The number of nitrogens with zero attached hydrogens (tertiary/aromatic N) is 2. The lowest BCUT2D eigenvalue weighted by Crippen LogP contribution is -2.56. The average Bonchev–Trinajstić information content (AvgIpc) is 3.15. The first-order valence-electron chi connectivity index (χ1n) is 13.3. The van der Waals surface area contributed by atoms with Crippen molar-refractivity contribution >= 4 is 41.6 Å². The highest BCUT2D eigenvalue weighted by Crippen LogP contribution is 2.45. The number of carbonyl (C=O) groups is 1. The van der Waals surface area contributed by atoms with Gasteiger partial charge in [0, 0.05) is 48.5 Å². The minimum absolute atomic E-state index is 0.152. The van der Waals surface area contributed by atoms with Gasteiger partial charge in [0.15, 0.2) is 0 Å². The molecule has 0 radical (unpaired) electrons. The van der Waals surface area contributed by atoms with Crippen molar-refractivity contribution in [1.82, 2.24) is 9.88 Å². The van der Waals surface area contributed by atoms with Crippen LogP contribution in [0.3, 0.4) is 0 Å². The second-order valence-electron chi connectivity index (χ2n) is 10.6. The summed E-state index contributed by atoms with van der Waals surface area (Å²) in [5.74, 6) is -0.168. The summed E-state index contributed by atoms with van der Waals surface area (Å²) >= 11 is 0. The Bertz CT molecular complexity index is 1450. The summed E-state index contributed by atoms with van der Waals surface area (Å²) in [6, 6.07) is 13.0. The van der Waals surface area contributed by atoms with Gasteiger partial charge in [-0.2, -0.15) is 0 Å². The molecule has 1 aliphatic rings. The van der Waals surface area contributed by atoms with Crippen LogP contribution in [0.15, 0.2) is 48.7 Å². The molecule has 0 unspecified atom stereocenters. The number of hydrogen-bond acceptors (Lipinski definition) is 8. The van der Waals surface area contributed by atoms with E-state index in [0.29, 0.717) is 28.7 Å². The summed E-state index contributed by atoms with van der Waals surface area (Å²) in [6.07, 6.45) is 1.70. The summed E-state index contributed by atoms with van der Waals surface area (Å²) in [5.41, 5.74) is 2.22. The molecule has 1 aliphatic heterocycles. The number of nitrogens with one attached hydrogen (secondary N) is 1. The van der Waals surface area contributed by atoms with E-state index in [-0.39, 0.29) is 42.1 Å². The number of aromatic nitrogens is 1. The molecule has 3 aromatic rings. The van der Waals surface area contributed by atoms with E-state index in [0.717, 1.165) is 11.8 Å². The molecule has 10 nitrogen and oxygen atoms in total. The maximum atomic E-state index is 14.1. The summed E-state index contributed by atoms with van der Waals surface area (Å²) in [5, 5.41) is 0.484. The third-order valence-corrected chi connectivity index (χ3v) is 9.15. The first-order chi connectivity index (χ1) is 18.8. The lowest BCUT2D eigenvalue weighted by atomic mass is 10.0.